The number of rotatable bonds is 6. The van der Waals surface area contributed by atoms with Gasteiger partial charge in [-0.15, -0.1) is 11.3 Å². The Morgan fingerprint density at radius 3 is 3.00 bits per heavy atom. The molecule has 2 N–H and O–H groups in total. The molecular weight excluding hydrogens is 376 g/mol. The fourth-order valence-corrected chi connectivity index (χ4v) is 3.74. The Hall–Kier alpha value is -1.96. The Bertz CT molecular complexity index is 917. The SMILES string of the molecule is C[C@H](C(=O)NCCc1cccc(Cl)c1)n1c(-c2cccs2)n[nH]c1=S. The minimum Gasteiger partial charge on any atom is -0.354 e. The first-order valence-corrected chi connectivity index (χ1v) is 9.46. The molecule has 0 saturated heterocycles. The minimum absolute atomic E-state index is 0.0997. The summed E-state index contributed by atoms with van der Waals surface area (Å²) < 4.78 is 2.18. The first kappa shape index (κ1) is 17.8. The van der Waals surface area contributed by atoms with Crippen LogP contribution in [0.3, 0.4) is 0 Å². The van der Waals surface area contributed by atoms with Gasteiger partial charge < -0.3 is 5.32 Å². The standard InChI is InChI=1S/C17H17ClN4OS2/c1-11(16(23)19-8-7-12-4-2-5-13(18)10-12)22-15(20-21-17(22)24)14-6-3-9-25-14/h2-6,9-11H,7-8H2,1H3,(H,19,23)(H,21,24)/t11-/m1/s1. The fourth-order valence-electron chi connectivity index (χ4n) is 2.53. The van der Waals surface area contributed by atoms with Crippen molar-refractivity contribution >= 4 is 41.1 Å². The van der Waals surface area contributed by atoms with E-state index in [4.69, 9.17) is 23.8 Å². The molecule has 0 radical (unpaired) electrons. The highest BCUT2D eigenvalue weighted by molar-refractivity contribution is 7.71. The summed E-state index contributed by atoms with van der Waals surface area (Å²) in [6, 6.07) is 11.1. The highest BCUT2D eigenvalue weighted by Crippen LogP contribution is 2.25. The van der Waals surface area contributed by atoms with Gasteiger partial charge in [-0.25, -0.2) is 0 Å². The molecule has 0 fully saturated rings. The van der Waals surface area contributed by atoms with E-state index in [1.807, 2.05) is 48.7 Å². The average Bonchev–Trinajstić information content (AvgIpc) is 3.23. The first-order chi connectivity index (χ1) is 12.1. The van der Waals surface area contributed by atoms with Crippen molar-refractivity contribution in [1.82, 2.24) is 20.1 Å². The second kappa shape index (κ2) is 7.95. The van der Waals surface area contributed by atoms with E-state index in [1.54, 1.807) is 15.9 Å². The van der Waals surface area contributed by atoms with Crippen LogP contribution in [-0.4, -0.2) is 27.2 Å². The smallest absolute Gasteiger partial charge is 0.242 e. The van der Waals surface area contributed by atoms with Crippen LogP contribution in [0.4, 0.5) is 0 Å². The van der Waals surface area contributed by atoms with Gasteiger partial charge in [0.25, 0.3) is 0 Å². The number of carbonyl (C=O) groups is 1. The molecule has 0 bridgehead atoms. The predicted octanol–water partition coefficient (Wildman–Crippen LogP) is 4.24. The Labute approximate surface area is 159 Å². The summed E-state index contributed by atoms with van der Waals surface area (Å²) in [4.78, 5) is 13.5. The third-order valence-corrected chi connectivity index (χ3v) is 5.20. The molecule has 2 heterocycles. The summed E-state index contributed by atoms with van der Waals surface area (Å²) in [7, 11) is 0. The number of hydrogen-bond donors (Lipinski definition) is 2. The molecule has 0 unspecified atom stereocenters. The molecule has 5 nitrogen and oxygen atoms in total. The maximum Gasteiger partial charge on any atom is 0.242 e. The van der Waals surface area contributed by atoms with Crippen molar-refractivity contribution in [2.75, 3.05) is 6.54 Å². The maximum atomic E-state index is 12.5. The van der Waals surface area contributed by atoms with E-state index in [-0.39, 0.29) is 5.91 Å². The number of nitrogens with zero attached hydrogens (tertiary/aromatic N) is 2. The summed E-state index contributed by atoms with van der Waals surface area (Å²) in [6.07, 6.45) is 0.716. The van der Waals surface area contributed by atoms with Crippen molar-refractivity contribution in [3.63, 3.8) is 0 Å². The molecule has 25 heavy (non-hydrogen) atoms. The van der Waals surface area contributed by atoms with Gasteiger partial charge >= 0.3 is 0 Å². The lowest BCUT2D eigenvalue weighted by Gasteiger charge is -2.15. The van der Waals surface area contributed by atoms with Gasteiger partial charge in [0.15, 0.2) is 10.6 Å². The number of halogens is 1. The van der Waals surface area contributed by atoms with Crippen molar-refractivity contribution in [3.05, 3.63) is 57.1 Å². The Morgan fingerprint density at radius 1 is 1.44 bits per heavy atom. The molecule has 1 aromatic carbocycles. The van der Waals surface area contributed by atoms with Crippen molar-refractivity contribution in [3.8, 4) is 10.7 Å². The number of benzene rings is 1. The van der Waals surface area contributed by atoms with Gasteiger partial charge in [0.05, 0.1) is 4.88 Å². The van der Waals surface area contributed by atoms with Crippen molar-refractivity contribution in [2.24, 2.45) is 0 Å². The van der Waals surface area contributed by atoms with Crippen LogP contribution in [-0.2, 0) is 11.2 Å². The second-order valence-electron chi connectivity index (χ2n) is 5.55. The number of aromatic amines is 1. The molecule has 1 atom stereocenters. The second-order valence-corrected chi connectivity index (χ2v) is 7.32. The first-order valence-electron chi connectivity index (χ1n) is 7.79. The van der Waals surface area contributed by atoms with E-state index in [2.05, 4.69) is 15.5 Å². The average molecular weight is 393 g/mol. The van der Waals surface area contributed by atoms with E-state index < -0.39 is 6.04 Å². The molecular formula is C17H17ClN4OS2. The summed E-state index contributed by atoms with van der Waals surface area (Å²) in [6.45, 7) is 2.35. The highest BCUT2D eigenvalue weighted by atomic mass is 35.5. The Morgan fingerprint density at radius 2 is 2.28 bits per heavy atom. The summed E-state index contributed by atoms with van der Waals surface area (Å²) in [5.41, 5.74) is 1.08. The van der Waals surface area contributed by atoms with E-state index in [0.717, 1.165) is 10.4 Å². The van der Waals surface area contributed by atoms with Crippen LogP contribution in [0.2, 0.25) is 5.02 Å². The molecule has 0 saturated carbocycles. The highest BCUT2D eigenvalue weighted by Gasteiger charge is 2.20. The molecule has 8 heteroatoms. The third-order valence-electron chi connectivity index (χ3n) is 3.81. The van der Waals surface area contributed by atoms with E-state index in [0.29, 0.717) is 28.6 Å². The minimum atomic E-state index is -0.456. The van der Waals surface area contributed by atoms with Crippen LogP contribution in [0.1, 0.15) is 18.5 Å². The van der Waals surface area contributed by atoms with Gasteiger partial charge in [0.1, 0.15) is 6.04 Å². The molecule has 2 aromatic heterocycles. The number of H-pyrrole nitrogens is 1. The summed E-state index contributed by atoms with van der Waals surface area (Å²) in [5, 5.41) is 12.7. The van der Waals surface area contributed by atoms with Gasteiger partial charge in [-0.2, -0.15) is 5.10 Å². The number of thiophene rings is 1. The molecule has 3 rings (SSSR count). The van der Waals surface area contributed by atoms with Crippen LogP contribution in [0.5, 0.6) is 0 Å². The van der Waals surface area contributed by atoms with Gasteiger partial charge in [0, 0.05) is 11.6 Å². The number of nitrogens with one attached hydrogen (secondary N) is 2. The van der Waals surface area contributed by atoms with Gasteiger partial charge in [0.2, 0.25) is 5.91 Å². The summed E-state index contributed by atoms with van der Waals surface area (Å²) >= 11 is 12.8. The lowest BCUT2D eigenvalue weighted by molar-refractivity contribution is -0.123. The van der Waals surface area contributed by atoms with Crippen LogP contribution >= 0.6 is 35.2 Å². The quantitative estimate of drug-likeness (QED) is 0.616. The van der Waals surface area contributed by atoms with Gasteiger partial charge in [-0.3, -0.25) is 14.5 Å². The zero-order valence-corrected chi connectivity index (χ0v) is 15.9. The largest absolute Gasteiger partial charge is 0.354 e. The number of aromatic nitrogens is 3. The molecule has 0 spiro atoms. The zero-order valence-electron chi connectivity index (χ0n) is 13.5. The number of amides is 1. The number of carbonyl (C=O) groups excluding carboxylic acids is 1. The molecule has 0 aliphatic rings. The van der Waals surface area contributed by atoms with E-state index in [1.165, 1.54) is 0 Å². The van der Waals surface area contributed by atoms with E-state index in [9.17, 15) is 4.79 Å². The van der Waals surface area contributed by atoms with Gasteiger partial charge in [-0.05, 0) is 54.7 Å². The fraction of sp³-hybridized carbons (Fsp3) is 0.235. The van der Waals surface area contributed by atoms with Crippen molar-refractivity contribution in [2.45, 2.75) is 19.4 Å². The Balaban J connectivity index is 1.67. The lowest BCUT2D eigenvalue weighted by atomic mass is 10.1. The Kier molecular flexibility index (Phi) is 5.67. The van der Waals surface area contributed by atoms with Gasteiger partial charge in [-0.1, -0.05) is 29.8 Å². The zero-order chi connectivity index (χ0) is 17.8. The number of hydrogen-bond acceptors (Lipinski definition) is 4. The molecule has 1 amide bonds. The predicted molar refractivity (Wildman–Crippen MR) is 104 cm³/mol. The third kappa shape index (κ3) is 4.18. The molecule has 3 aromatic rings. The molecule has 0 aliphatic carbocycles. The van der Waals surface area contributed by atoms with Crippen LogP contribution in [0.15, 0.2) is 41.8 Å². The molecule has 0 aliphatic heterocycles. The van der Waals surface area contributed by atoms with Crippen LogP contribution in [0, 0.1) is 4.77 Å². The molecule has 130 valence electrons. The maximum absolute atomic E-state index is 12.5. The normalized spacial score (nSPS) is 12.1. The van der Waals surface area contributed by atoms with Crippen molar-refractivity contribution in [1.29, 1.82) is 0 Å². The van der Waals surface area contributed by atoms with Crippen molar-refractivity contribution < 1.29 is 4.79 Å². The topological polar surface area (TPSA) is 62.7 Å². The summed E-state index contributed by atoms with van der Waals surface area (Å²) in [5.74, 6) is 0.579. The van der Waals surface area contributed by atoms with Crippen LogP contribution in [0.25, 0.3) is 10.7 Å². The van der Waals surface area contributed by atoms with Crippen LogP contribution < -0.4 is 5.32 Å². The van der Waals surface area contributed by atoms with E-state index >= 15 is 0 Å². The monoisotopic (exact) mass is 392 g/mol. The lowest BCUT2D eigenvalue weighted by Crippen LogP contribution is -2.32.